The molecule has 0 aliphatic carbocycles. The van der Waals surface area contributed by atoms with Gasteiger partial charge in [0.15, 0.2) is 5.96 Å². The third-order valence-corrected chi connectivity index (χ3v) is 2.10. The van der Waals surface area contributed by atoms with Gasteiger partial charge in [0.05, 0.1) is 6.54 Å². The summed E-state index contributed by atoms with van der Waals surface area (Å²) < 4.78 is 5.12. The molecule has 0 aromatic heterocycles. The molecule has 0 unspecified atom stereocenters. The maximum absolute atomic E-state index is 11.4. The third kappa shape index (κ3) is 12.7. The predicted molar refractivity (Wildman–Crippen MR) is 82.8 cm³/mol. The van der Waals surface area contributed by atoms with E-state index in [2.05, 4.69) is 22.2 Å². The standard InChI is InChI=1S/C14H28N4O2/c1-11(2)10-18-12(15)16-8-6-7-9-17-13(19)20-14(3,4)5/h1,6-10H2,2-5H3,(H,17,19)(H3,15,16,18). The smallest absolute Gasteiger partial charge is 0.407 e. The van der Waals surface area contributed by atoms with E-state index in [1.165, 1.54) is 0 Å². The highest BCUT2D eigenvalue weighted by Gasteiger charge is 2.15. The van der Waals surface area contributed by atoms with Gasteiger partial charge in [0.25, 0.3) is 0 Å². The minimum absolute atomic E-state index is 0.381. The van der Waals surface area contributed by atoms with Crippen molar-refractivity contribution < 1.29 is 9.53 Å². The molecule has 4 N–H and O–H groups in total. The molecule has 0 saturated carbocycles. The highest BCUT2D eigenvalue weighted by molar-refractivity contribution is 5.77. The van der Waals surface area contributed by atoms with Crippen LogP contribution in [-0.2, 0) is 4.74 Å². The van der Waals surface area contributed by atoms with E-state index in [1.807, 2.05) is 27.7 Å². The number of carbonyl (C=O) groups is 1. The molecule has 0 rings (SSSR count). The maximum Gasteiger partial charge on any atom is 0.407 e. The first-order valence-electron chi connectivity index (χ1n) is 6.86. The van der Waals surface area contributed by atoms with E-state index in [0.717, 1.165) is 25.0 Å². The Labute approximate surface area is 121 Å². The minimum atomic E-state index is -0.458. The van der Waals surface area contributed by atoms with Crippen LogP contribution >= 0.6 is 0 Å². The Hall–Kier alpha value is -1.72. The number of guanidine groups is 1. The lowest BCUT2D eigenvalue weighted by Crippen LogP contribution is -2.34. The van der Waals surface area contributed by atoms with Gasteiger partial charge in [0, 0.05) is 13.1 Å². The summed E-state index contributed by atoms with van der Waals surface area (Å²) in [6, 6.07) is 0. The van der Waals surface area contributed by atoms with Gasteiger partial charge in [-0.25, -0.2) is 9.79 Å². The second kappa shape index (κ2) is 9.23. The first-order chi connectivity index (χ1) is 9.20. The molecule has 0 fully saturated rings. The Balaban J connectivity index is 3.56. The van der Waals surface area contributed by atoms with E-state index in [-0.39, 0.29) is 6.09 Å². The highest BCUT2D eigenvalue weighted by atomic mass is 16.6. The molecule has 0 aromatic carbocycles. The quantitative estimate of drug-likeness (QED) is 0.288. The van der Waals surface area contributed by atoms with Crippen molar-refractivity contribution >= 4 is 12.1 Å². The van der Waals surface area contributed by atoms with Gasteiger partial charge < -0.3 is 21.1 Å². The molecule has 116 valence electrons. The molecule has 0 heterocycles. The number of nitrogens with two attached hydrogens (primary N) is 1. The zero-order valence-electron chi connectivity index (χ0n) is 13.1. The van der Waals surface area contributed by atoms with E-state index >= 15 is 0 Å². The van der Waals surface area contributed by atoms with Crippen LogP contribution in [0.25, 0.3) is 0 Å². The monoisotopic (exact) mass is 284 g/mol. The van der Waals surface area contributed by atoms with Gasteiger partial charge in [-0.2, -0.15) is 0 Å². The number of hydrogen-bond donors (Lipinski definition) is 3. The lowest BCUT2D eigenvalue weighted by molar-refractivity contribution is 0.0527. The van der Waals surface area contributed by atoms with Crippen LogP contribution in [-0.4, -0.2) is 37.3 Å². The summed E-state index contributed by atoms with van der Waals surface area (Å²) in [5.74, 6) is 0.424. The fraction of sp³-hybridized carbons (Fsp3) is 0.714. The molecule has 0 atom stereocenters. The number of ether oxygens (including phenoxy) is 1. The summed E-state index contributed by atoms with van der Waals surface area (Å²) in [5, 5.41) is 5.71. The van der Waals surface area contributed by atoms with Crippen molar-refractivity contribution in [3.8, 4) is 0 Å². The van der Waals surface area contributed by atoms with Crippen molar-refractivity contribution in [1.82, 2.24) is 10.6 Å². The molecule has 0 aliphatic heterocycles. The largest absolute Gasteiger partial charge is 0.444 e. The number of carbonyl (C=O) groups excluding carboxylic acids is 1. The van der Waals surface area contributed by atoms with E-state index in [9.17, 15) is 4.79 Å². The summed E-state index contributed by atoms with van der Waals surface area (Å²) in [4.78, 5) is 15.5. The van der Waals surface area contributed by atoms with Crippen molar-refractivity contribution in [2.75, 3.05) is 19.6 Å². The number of aliphatic imine (C=N–C) groups is 1. The van der Waals surface area contributed by atoms with Crippen LogP contribution in [0.5, 0.6) is 0 Å². The third-order valence-electron chi connectivity index (χ3n) is 2.10. The van der Waals surface area contributed by atoms with Gasteiger partial charge in [-0.3, -0.25) is 0 Å². The molecule has 6 nitrogen and oxygen atoms in total. The summed E-state index contributed by atoms with van der Waals surface area (Å²) in [6.07, 6.45) is 1.35. The van der Waals surface area contributed by atoms with E-state index in [4.69, 9.17) is 10.5 Å². The second-order valence-corrected chi connectivity index (χ2v) is 5.72. The number of nitrogens with one attached hydrogen (secondary N) is 2. The Kier molecular flexibility index (Phi) is 8.43. The lowest BCUT2D eigenvalue weighted by Gasteiger charge is -2.19. The number of rotatable bonds is 7. The Morgan fingerprint density at radius 3 is 2.30 bits per heavy atom. The van der Waals surface area contributed by atoms with E-state index in [0.29, 0.717) is 19.0 Å². The number of alkyl carbamates (subject to hydrolysis) is 1. The molecule has 0 aliphatic rings. The number of nitrogens with zero attached hydrogens (tertiary/aromatic N) is 1. The predicted octanol–water partition coefficient (Wildman–Crippen LogP) is 1.77. The Morgan fingerprint density at radius 1 is 1.25 bits per heavy atom. The van der Waals surface area contributed by atoms with Gasteiger partial charge in [-0.1, -0.05) is 12.2 Å². The van der Waals surface area contributed by atoms with Crippen LogP contribution in [0.2, 0.25) is 0 Å². The van der Waals surface area contributed by atoms with Crippen LogP contribution in [0.15, 0.2) is 17.1 Å². The number of unbranched alkanes of at least 4 members (excludes halogenated alkanes) is 1. The van der Waals surface area contributed by atoms with Crippen LogP contribution in [0.3, 0.4) is 0 Å². The molecule has 0 aromatic rings. The summed E-state index contributed by atoms with van der Waals surface area (Å²) >= 11 is 0. The van der Waals surface area contributed by atoms with Crippen molar-refractivity contribution in [3.05, 3.63) is 12.2 Å². The average Bonchev–Trinajstić information content (AvgIpc) is 2.28. The highest BCUT2D eigenvalue weighted by Crippen LogP contribution is 2.06. The first-order valence-corrected chi connectivity index (χ1v) is 6.86. The zero-order valence-corrected chi connectivity index (χ0v) is 13.1. The van der Waals surface area contributed by atoms with E-state index < -0.39 is 5.60 Å². The molecule has 6 heteroatoms. The fourth-order valence-corrected chi connectivity index (χ4v) is 1.25. The number of hydrogen-bond acceptors (Lipinski definition) is 3. The maximum atomic E-state index is 11.4. The summed E-state index contributed by atoms with van der Waals surface area (Å²) in [5.41, 5.74) is 6.17. The molecule has 20 heavy (non-hydrogen) atoms. The zero-order chi connectivity index (χ0) is 15.6. The van der Waals surface area contributed by atoms with E-state index in [1.54, 1.807) is 0 Å². The summed E-state index contributed by atoms with van der Waals surface area (Å²) in [6.45, 7) is 13.0. The van der Waals surface area contributed by atoms with Crippen molar-refractivity contribution in [2.45, 2.75) is 46.1 Å². The molecule has 0 radical (unpaired) electrons. The molecular weight excluding hydrogens is 256 g/mol. The molecule has 0 bridgehead atoms. The van der Waals surface area contributed by atoms with Crippen molar-refractivity contribution in [2.24, 2.45) is 10.7 Å². The Bertz CT molecular complexity index is 346. The van der Waals surface area contributed by atoms with Crippen LogP contribution in [0.4, 0.5) is 4.79 Å². The van der Waals surface area contributed by atoms with Gasteiger partial charge in [0.2, 0.25) is 0 Å². The first kappa shape index (κ1) is 18.3. The van der Waals surface area contributed by atoms with Crippen molar-refractivity contribution in [3.63, 3.8) is 0 Å². The van der Waals surface area contributed by atoms with Gasteiger partial charge >= 0.3 is 6.09 Å². The molecule has 0 saturated heterocycles. The lowest BCUT2D eigenvalue weighted by atomic mass is 10.2. The minimum Gasteiger partial charge on any atom is -0.444 e. The topological polar surface area (TPSA) is 88.7 Å². The SMILES string of the molecule is C=C(C)CN=C(N)NCCCCNC(=O)OC(C)(C)C. The van der Waals surface area contributed by atoms with Crippen LogP contribution in [0, 0.1) is 0 Å². The van der Waals surface area contributed by atoms with Gasteiger partial charge in [-0.05, 0) is 40.5 Å². The summed E-state index contributed by atoms with van der Waals surface area (Å²) in [7, 11) is 0. The Morgan fingerprint density at radius 2 is 1.80 bits per heavy atom. The van der Waals surface area contributed by atoms with Gasteiger partial charge in [-0.15, -0.1) is 0 Å². The molecule has 0 spiro atoms. The van der Waals surface area contributed by atoms with Crippen molar-refractivity contribution in [1.29, 1.82) is 0 Å². The number of amides is 1. The van der Waals surface area contributed by atoms with Crippen LogP contribution < -0.4 is 16.4 Å². The molecular formula is C14H28N4O2. The normalized spacial score (nSPS) is 11.9. The van der Waals surface area contributed by atoms with Gasteiger partial charge in [0.1, 0.15) is 5.60 Å². The second-order valence-electron chi connectivity index (χ2n) is 5.72. The molecule has 1 amide bonds. The fourth-order valence-electron chi connectivity index (χ4n) is 1.25. The van der Waals surface area contributed by atoms with Crippen LogP contribution in [0.1, 0.15) is 40.5 Å². The average molecular weight is 284 g/mol.